The summed E-state index contributed by atoms with van der Waals surface area (Å²) in [4.78, 5) is 109. The van der Waals surface area contributed by atoms with E-state index in [-0.39, 0.29) is 152 Å². The second-order valence-corrected chi connectivity index (χ2v) is 32.3. The van der Waals surface area contributed by atoms with Crippen molar-refractivity contribution in [3.63, 3.8) is 0 Å². The molecule has 770 valence electrons. The van der Waals surface area contributed by atoms with Crippen LogP contribution in [0.25, 0.3) is 55.6 Å². The molecule has 0 saturated carbocycles. The number of amides is 5. The number of benzene rings is 10. The van der Waals surface area contributed by atoms with Crippen molar-refractivity contribution in [3.05, 3.63) is 362 Å². The zero-order valence-electron chi connectivity index (χ0n) is 99.1. The molecule has 40 heteroatoms. The van der Waals surface area contributed by atoms with Crippen molar-refractivity contribution < 1.29 is 143 Å². The van der Waals surface area contributed by atoms with Crippen molar-refractivity contribution in [1.82, 2.24) is 74.3 Å². The fraction of sp³-hybridized carbons (Fsp3) is 0.227. The smallest absolute Gasteiger partial charge is 0.394 e. The lowest BCUT2D eigenvalue weighted by Gasteiger charge is -2.19. The molecule has 20 rings (SSSR count). The van der Waals surface area contributed by atoms with Gasteiger partial charge in [-0.15, -0.1) is 0 Å². The Kier molecular flexibility index (Phi) is 25.6. The van der Waals surface area contributed by atoms with Crippen LogP contribution in [0.15, 0.2) is 305 Å². The van der Waals surface area contributed by atoms with E-state index in [1.165, 1.54) is 244 Å². The van der Waals surface area contributed by atoms with Gasteiger partial charge in [-0.1, -0.05) is 91.0 Å². The summed E-state index contributed by atoms with van der Waals surface area (Å²) < 4.78 is 348. The van der Waals surface area contributed by atoms with Crippen LogP contribution in [0.5, 0.6) is 57.5 Å². The highest BCUT2D eigenvalue weighted by Gasteiger charge is 2.35. The van der Waals surface area contributed by atoms with Gasteiger partial charge in [0.15, 0.2) is 0 Å². The fourth-order valence-corrected chi connectivity index (χ4v) is 14.3. The number of nitrogens with zero attached hydrogens (tertiary/aromatic N) is 15. The number of alkyl halides is 10. The van der Waals surface area contributed by atoms with Gasteiger partial charge >= 0.3 is 30.5 Å². The molecule has 0 unspecified atom stereocenters. The Morgan fingerprint density at radius 1 is 0.267 bits per heavy atom. The van der Waals surface area contributed by atoms with E-state index in [9.17, 15) is 67.9 Å². The van der Waals surface area contributed by atoms with Crippen LogP contribution >= 0.6 is 0 Å². The predicted octanol–water partition coefficient (Wildman–Crippen LogP) is 20.8. The minimum Gasteiger partial charge on any atom is -0.491 e. The van der Waals surface area contributed by atoms with Crippen molar-refractivity contribution in [3.8, 4) is 113 Å². The first kappa shape index (κ1) is 81.4. The van der Waals surface area contributed by atoms with Crippen LogP contribution in [0, 0.1) is 0 Å². The lowest BCUT2D eigenvalue weighted by molar-refractivity contribution is -0.159. The minimum atomic E-state index is -3.38. The number of carbonyl (C=O) groups excluding carboxylic acids is 5. The van der Waals surface area contributed by atoms with Crippen LogP contribution in [0.3, 0.4) is 0 Å². The summed E-state index contributed by atoms with van der Waals surface area (Å²) >= 11 is 0. The summed E-state index contributed by atoms with van der Waals surface area (Å²) in [6.45, 7) is -22.5. The minimum absolute atomic E-state index is 0.00532. The van der Waals surface area contributed by atoms with Crippen LogP contribution in [0.1, 0.15) is 143 Å². The summed E-state index contributed by atoms with van der Waals surface area (Å²) in [6, 6.07) is 54.6. The quantitative estimate of drug-likeness (QED) is 0.0480. The van der Waals surface area contributed by atoms with E-state index in [0.717, 1.165) is 9.80 Å². The molecule has 0 saturated heterocycles. The van der Waals surface area contributed by atoms with Gasteiger partial charge in [0, 0.05) is 96.6 Å². The van der Waals surface area contributed by atoms with Gasteiger partial charge < -0.3 is 71.9 Å². The third kappa shape index (κ3) is 29.4. The molecule has 15 aromatic rings. The largest absolute Gasteiger partial charge is 0.491 e. The molecule has 5 aliphatic rings. The fourth-order valence-electron chi connectivity index (χ4n) is 14.3. The van der Waals surface area contributed by atoms with Gasteiger partial charge in [0.25, 0.3) is 29.5 Å². The van der Waals surface area contributed by atoms with Crippen molar-refractivity contribution in [2.45, 2.75) is 97.6 Å². The molecule has 5 aromatic heterocycles. The monoisotopic (exact) mass is 2080 g/mol. The van der Waals surface area contributed by atoms with Crippen molar-refractivity contribution >= 4 is 29.5 Å². The maximum absolute atomic E-state index is 13.6. The van der Waals surface area contributed by atoms with Gasteiger partial charge in [-0.25, -0.2) is 49.8 Å². The Balaban J connectivity index is 0.000000148. The predicted molar refractivity (Wildman–Crippen MR) is 527 cm³/mol. The second-order valence-electron chi connectivity index (χ2n) is 32.3. The number of halogens is 10. The van der Waals surface area contributed by atoms with E-state index in [4.69, 9.17) is 51.1 Å². The van der Waals surface area contributed by atoms with Gasteiger partial charge in [0.05, 0.1) is 120 Å². The Labute approximate surface area is 881 Å². The molecular weight excluding hydrogens is 1960 g/mol. The van der Waals surface area contributed by atoms with Gasteiger partial charge in [-0.2, -0.15) is 43.9 Å². The Bertz CT molecular complexity index is 8260. The average Bonchev–Trinajstić information content (AvgIpc) is 1.55. The number of aromatic nitrogens is 10. The highest BCUT2D eigenvalue weighted by molar-refractivity contribution is 6.02. The molecule has 5 amide bonds. The third-order valence-corrected chi connectivity index (χ3v) is 20.7. The number of carbonyl (C=O) groups is 5. The third-order valence-electron chi connectivity index (χ3n) is 20.7. The van der Waals surface area contributed by atoms with E-state index >= 15 is 0 Å². The first-order valence-corrected chi connectivity index (χ1v) is 44.9. The molecule has 10 heterocycles. The van der Waals surface area contributed by atoms with Crippen LogP contribution < -0.4 is 47.4 Å². The number of hydrogen-bond donors (Lipinski definition) is 0. The molecule has 10 aromatic carbocycles. The number of fused-ring (bicyclic) bond motifs is 5. The Morgan fingerprint density at radius 3 is 0.780 bits per heavy atom. The first-order chi connectivity index (χ1) is 79.5. The molecule has 30 nitrogen and oxygen atoms in total. The number of rotatable bonds is 25. The topological polar surface area (TPSA) is 323 Å². The lowest BCUT2D eigenvalue weighted by Crippen LogP contribution is -2.32. The van der Waals surface area contributed by atoms with E-state index in [1.807, 2.05) is 0 Å². The average molecular weight is 2080 g/mol. The molecule has 0 spiro atoms. The zero-order chi connectivity index (χ0) is 124. The lowest BCUT2D eigenvalue weighted by atomic mass is 10.0. The molecule has 0 radical (unpaired) electrons. The van der Waals surface area contributed by atoms with Crippen LogP contribution in [-0.4, -0.2) is 200 Å². The van der Waals surface area contributed by atoms with Gasteiger partial charge in [-0.3, -0.25) is 24.0 Å². The summed E-state index contributed by atoms with van der Waals surface area (Å²) in [7, 11) is 0. The Morgan fingerprint density at radius 2 is 0.487 bits per heavy atom. The highest BCUT2D eigenvalue weighted by Crippen LogP contribution is 2.40. The summed E-state index contributed by atoms with van der Waals surface area (Å²) in [6.07, 6.45) is -3.52. The Hall–Kier alpha value is -17.8. The van der Waals surface area contributed by atoms with Crippen molar-refractivity contribution in [2.75, 3.05) is 65.6 Å². The van der Waals surface area contributed by atoms with Crippen LogP contribution in [0.4, 0.5) is 43.9 Å². The van der Waals surface area contributed by atoms with Crippen LogP contribution in [-0.2, 0) is 32.5 Å². The molecular formula is C110H95F10N15O15. The molecule has 5 aliphatic heterocycles. The molecule has 0 bridgehead atoms. The van der Waals surface area contributed by atoms with E-state index in [1.54, 1.807) is 48.5 Å². The van der Waals surface area contributed by atoms with Gasteiger partial charge in [0.1, 0.15) is 120 Å². The summed E-state index contributed by atoms with van der Waals surface area (Å²) in [5.41, 5.74) is 4.45. The van der Waals surface area contributed by atoms with Crippen molar-refractivity contribution in [1.29, 1.82) is 0 Å². The number of hydrogen-bond acceptors (Lipinski definition) is 25. The summed E-state index contributed by atoms with van der Waals surface area (Å²) in [5.74, 6) is -6.23. The van der Waals surface area contributed by atoms with E-state index in [2.05, 4.69) is 73.5 Å². The molecule has 0 fully saturated rings. The number of ether oxygens (including phenoxy) is 10. The molecule has 150 heavy (non-hydrogen) atoms. The summed E-state index contributed by atoms with van der Waals surface area (Å²) in [5, 5.41) is 0. The zero-order valence-corrected chi connectivity index (χ0v) is 79.1. The SMILES string of the molecule is [2H]C([2H])(c1ncccn1)N1C(=O)c2cc(-c3ccc(OC(C)(F)F)cc3)ccc2OC([2H])([2H])C1([2H])[2H].[2H]C([2H])(c1ncccn1)N1CCOc2ccc(-c3ccc(OC(C)(F)F)cc3)cc2C1=O.[2H]C1([2H])CN(C([2H])([2H])c2ncccn2)C(=O)c2cc(-c3ccc(OC(C)(F)F)cc3)ccc2O1.[2H]C1([2H])COc2ccc(-c3ccc(OC(C)(F)F)cc3)cc2C(=O)N1C([2H])([2H])c1ncccn1.[2H]c1c(-c2ccc(OC(C)(F)F)cc2)cc2c(c1[2H])OCCN(C([2H])([2H])c1ncccn1)C2=O. The normalized spacial score (nSPS) is 17.8. The van der Waals surface area contributed by atoms with Crippen LogP contribution in [0.2, 0.25) is 0 Å². The van der Waals surface area contributed by atoms with E-state index in [0.29, 0.717) is 100 Å². The van der Waals surface area contributed by atoms with E-state index < -0.39 is 138 Å². The van der Waals surface area contributed by atoms with Crippen molar-refractivity contribution in [2.24, 2.45) is 0 Å². The highest BCUT2D eigenvalue weighted by atomic mass is 19.3. The standard InChI is InChI=1S/5C22H19F2N3O3/c5*1-22(23,24)30-17-6-3-15(4-7-17)16-5-8-19-18(13-16)21(28)27(11-12-29-19)14-20-25-9-2-10-26-20/h5*2-10,13H,11-12,14H2,1H3/i11D2,12D2,14D2;5D,8D,14D2;12D2,14D2;11D2,14D2;14D2. The maximum Gasteiger partial charge on any atom is 0.394 e. The first-order valence-electron chi connectivity index (χ1n) is 54.9. The second kappa shape index (κ2) is 47.2. The molecule has 0 atom stereocenters. The van der Waals surface area contributed by atoms with Gasteiger partial charge in [0.2, 0.25) is 0 Å². The molecule has 0 N–H and O–H groups in total. The molecule has 0 aliphatic carbocycles. The van der Waals surface area contributed by atoms with Gasteiger partial charge in [-0.05, 0) is 207 Å². The maximum atomic E-state index is 13.6.